The Morgan fingerprint density at radius 1 is 1.05 bits per heavy atom. The number of nitrogens with two attached hydrogens (primary N) is 1. The summed E-state index contributed by atoms with van der Waals surface area (Å²) in [5, 5.41) is 0. The molecule has 0 aliphatic carbocycles. The first-order valence-electron chi connectivity index (χ1n) is 6.85. The molecule has 0 amide bonds. The van der Waals surface area contributed by atoms with Crippen molar-refractivity contribution in [3.8, 4) is 5.88 Å². The van der Waals surface area contributed by atoms with Gasteiger partial charge in [-0.05, 0) is 12.1 Å². The minimum absolute atomic E-state index is 0.580. The number of anilines is 3. The summed E-state index contributed by atoms with van der Waals surface area (Å²) in [6.07, 6.45) is 3.48. The quantitative estimate of drug-likeness (QED) is 0.893. The van der Waals surface area contributed by atoms with E-state index < -0.39 is 0 Å². The summed E-state index contributed by atoms with van der Waals surface area (Å²) in [7, 11) is 1.61. The van der Waals surface area contributed by atoms with E-state index in [1.807, 2.05) is 12.1 Å². The van der Waals surface area contributed by atoms with Gasteiger partial charge in [-0.1, -0.05) is 0 Å². The summed E-state index contributed by atoms with van der Waals surface area (Å²) in [5.41, 5.74) is 6.69. The number of hydrogen-bond donors (Lipinski definition) is 1. The summed E-state index contributed by atoms with van der Waals surface area (Å²) >= 11 is 0. The molecule has 1 fully saturated rings. The van der Waals surface area contributed by atoms with Crippen LogP contribution < -0.4 is 20.3 Å². The first kappa shape index (κ1) is 13.4. The molecule has 3 rings (SSSR count). The van der Waals surface area contributed by atoms with Crippen molar-refractivity contribution < 1.29 is 4.74 Å². The molecule has 0 atom stereocenters. The Balaban J connectivity index is 1.69. The van der Waals surface area contributed by atoms with Gasteiger partial charge in [-0.2, -0.15) is 4.98 Å². The summed E-state index contributed by atoms with van der Waals surface area (Å²) in [6.45, 7) is 3.32. The van der Waals surface area contributed by atoms with Crippen LogP contribution in [0.25, 0.3) is 0 Å². The van der Waals surface area contributed by atoms with E-state index in [2.05, 4.69) is 24.8 Å². The maximum Gasteiger partial charge on any atom is 0.228 e. The molecular weight excluding hydrogens is 268 g/mol. The molecule has 0 aromatic carbocycles. The number of rotatable bonds is 3. The Morgan fingerprint density at radius 3 is 2.52 bits per heavy atom. The summed E-state index contributed by atoms with van der Waals surface area (Å²) in [4.78, 5) is 17.3. The molecule has 2 aromatic rings. The highest BCUT2D eigenvalue weighted by Gasteiger charge is 2.21. The SMILES string of the molecule is COc1ccnc(N2CCN(c3ncccc3N)CC2)n1. The molecule has 1 aliphatic heterocycles. The van der Waals surface area contributed by atoms with Crippen LogP contribution in [0.1, 0.15) is 0 Å². The van der Waals surface area contributed by atoms with Crippen molar-refractivity contribution in [2.75, 3.05) is 48.8 Å². The van der Waals surface area contributed by atoms with Crippen LogP contribution in [0, 0.1) is 0 Å². The molecule has 0 unspecified atom stereocenters. The van der Waals surface area contributed by atoms with Crippen molar-refractivity contribution in [1.82, 2.24) is 15.0 Å². The molecule has 1 aliphatic rings. The lowest BCUT2D eigenvalue weighted by Crippen LogP contribution is -2.47. The molecule has 2 N–H and O–H groups in total. The number of aromatic nitrogens is 3. The molecule has 3 heterocycles. The van der Waals surface area contributed by atoms with Gasteiger partial charge < -0.3 is 20.3 Å². The Labute approximate surface area is 123 Å². The van der Waals surface area contributed by atoms with E-state index in [0.29, 0.717) is 17.5 Å². The number of nitrogens with zero attached hydrogens (tertiary/aromatic N) is 5. The van der Waals surface area contributed by atoms with Gasteiger partial charge in [0.25, 0.3) is 0 Å². The first-order valence-corrected chi connectivity index (χ1v) is 6.85. The number of pyridine rings is 1. The standard InChI is InChI=1S/C14H18N6O/c1-21-12-4-6-17-14(18-12)20-9-7-19(8-10-20)13-11(15)3-2-5-16-13/h2-6H,7-10,15H2,1H3. The molecule has 0 radical (unpaired) electrons. The molecule has 7 nitrogen and oxygen atoms in total. The minimum atomic E-state index is 0.580. The zero-order valence-electron chi connectivity index (χ0n) is 11.9. The van der Waals surface area contributed by atoms with Crippen molar-refractivity contribution in [2.24, 2.45) is 0 Å². The zero-order valence-corrected chi connectivity index (χ0v) is 11.9. The van der Waals surface area contributed by atoms with Crippen molar-refractivity contribution in [2.45, 2.75) is 0 Å². The third-order valence-corrected chi connectivity index (χ3v) is 3.51. The molecule has 110 valence electrons. The monoisotopic (exact) mass is 286 g/mol. The van der Waals surface area contributed by atoms with E-state index in [9.17, 15) is 0 Å². The molecule has 7 heteroatoms. The second kappa shape index (κ2) is 5.82. The summed E-state index contributed by atoms with van der Waals surface area (Å²) < 4.78 is 5.14. The highest BCUT2D eigenvalue weighted by molar-refractivity contribution is 5.62. The largest absolute Gasteiger partial charge is 0.481 e. The van der Waals surface area contributed by atoms with Gasteiger partial charge in [0.1, 0.15) is 0 Å². The maximum atomic E-state index is 5.98. The molecule has 0 saturated carbocycles. The fourth-order valence-electron chi connectivity index (χ4n) is 2.39. The third kappa shape index (κ3) is 2.81. The van der Waals surface area contributed by atoms with Gasteiger partial charge in [0.2, 0.25) is 11.8 Å². The lowest BCUT2D eigenvalue weighted by atomic mass is 10.3. The minimum Gasteiger partial charge on any atom is -0.481 e. The number of ether oxygens (including phenoxy) is 1. The number of nitrogen functional groups attached to an aromatic ring is 1. The molecule has 0 spiro atoms. The predicted molar refractivity (Wildman–Crippen MR) is 81.7 cm³/mol. The van der Waals surface area contributed by atoms with E-state index in [-0.39, 0.29) is 0 Å². The van der Waals surface area contributed by atoms with Crippen LogP contribution in [0.5, 0.6) is 5.88 Å². The molecule has 0 bridgehead atoms. The second-order valence-corrected chi connectivity index (χ2v) is 4.79. The highest BCUT2D eigenvalue weighted by Crippen LogP contribution is 2.22. The zero-order chi connectivity index (χ0) is 14.7. The van der Waals surface area contributed by atoms with Crippen molar-refractivity contribution in [3.05, 3.63) is 30.6 Å². The van der Waals surface area contributed by atoms with E-state index >= 15 is 0 Å². The predicted octanol–water partition coefficient (Wildman–Crippen LogP) is 0.789. The average Bonchev–Trinajstić information content (AvgIpc) is 2.56. The van der Waals surface area contributed by atoms with Crippen LogP contribution in [-0.2, 0) is 0 Å². The maximum absolute atomic E-state index is 5.98. The lowest BCUT2D eigenvalue weighted by molar-refractivity contribution is 0.396. The smallest absolute Gasteiger partial charge is 0.228 e. The van der Waals surface area contributed by atoms with E-state index in [1.54, 1.807) is 25.6 Å². The Morgan fingerprint density at radius 2 is 1.81 bits per heavy atom. The third-order valence-electron chi connectivity index (χ3n) is 3.51. The summed E-state index contributed by atoms with van der Waals surface area (Å²) in [5.74, 6) is 2.13. The summed E-state index contributed by atoms with van der Waals surface area (Å²) in [6, 6.07) is 5.47. The van der Waals surface area contributed by atoms with Crippen LogP contribution >= 0.6 is 0 Å². The van der Waals surface area contributed by atoms with Gasteiger partial charge in [-0.15, -0.1) is 0 Å². The fraction of sp³-hybridized carbons (Fsp3) is 0.357. The first-order chi connectivity index (χ1) is 10.3. The number of piperazine rings is 1. The molecule has 2 aromatic heterocycles. The number of methoxy groups -OCH3 is 1. The van der Waals surface area contributed by atoms with Crippen molar-refractivity contribution in [1.29, 1.82) is 0 Å². The van der Waals surface area contributed by atoms with Gasteiger partial charge in [0.05, 0.1) is 12.8 Å². The molecule has 21 heavy (non-hydrogen) atoms. The Kier molecular flexibility index (Phi) is 3.72. The number of hydrogen-bond acceptors (Lipinski definition) is 7. The van der Waals surface area contributed by atoms with Crippen LogP contribution in [-0.4, -0.2) is 48.2 Å². The topological polar surface area (TPSA) is 80.4 Å². The molecule has 1 saturated heterocycles. The van der Waals surface area contributed by atoms with E-state index in [1.165, 1.54) is 0 Å². The Hall–Kier alpha value is -2.57. The van der Waals surface area contributed by atoms with Crippen LogP contribution in [0.15, 0.2) is 30.6 Å². The van der Waals surface area contributed by atoms with Gasteiger partial charge in [0, 0.05) is 44.6 Å². The van der Waals surface area contributed by atoms with Gasteiger partial charge in [-0.3, -0.25) is 0 Å². The van der Waals surface area contributed by atoms with Crippen LogP contribution in [0.2, 0.25) is 0 Å². The van der Waals surface area contributed by atoms with Crippen molar-refractivity contribution >= 4 is 17.5 Å². The van der Waals surface area contributed by atoms with Crippen molar-refractivity contribution in [3.63, 3.8) is 0 Å². The van der Waals surface area contributed by atoms with Crippen LogP contribution in [0.3, 0.4) is 0 Å². The van der Waals surface area contributed by atoms with Gasteiger partial charge >= 0.3 is 0 Å². The van der Waals surface area contributed by atoms with Crippen LogP contribution in [0.4, 0.5) is 17.5 Å². The highest BCUT2D eigenvalue weighted by atomic mass is 16.5. The van der Waals surface area contributed by atoms with E-state index in [4.69, 9.17) is 10.5 Å². The van der Waals surface area contributed by atoms with E-state index in [0.717, 1.165) is 32.0 Å². The van der Waals surface area contributed by atoms with Gasteiger partial charge in [-0.25, -0.2) is 9.97 Å². The van der Waals surface area contributed by atoms with Gasteiger partial charge in [0.15, 0.2) is 5.82 Å². The average molecular weight is 286 g/mol. The fourth-order valence-corrected chi connectivity index (χ4v) is 2.39. The normalized spacial score (nSPS) is 15.1. The lowest BCUT2D eigenvalue weighted by Gasteiger charge is -2.35. The second-order valence-electron chi connectivity index (χ2n) is 4.79. The molecular formula is C14H18N6O. The Bertz CT molecular complexity index is 612.